The van der Waals surface area contributed by atoms with E-state index >= 15 is 0 Å². The molecule has 0 saturated carbocycles. The van der Waals surface area contributed by atoms with Crippen molar-refractivity contribution in [2.75, 3.05) is 36.4 Å². The van der Waals surface area contributed by atoms with E-state index in [0.29, 0.717) is 17.9 Å². The molecular formula is C22H25F2N5. The summed E-state index contributed by atoms with van der Waals surface area (Å²) in [5.74, 6) is 0.671. The first-order valence-corrected chi connectivity index (χ1v) is 9.87. The summed E-state index contributed by atoms with van der Waals surface area (Å²) < 4.78 is 26.4. The monoisotopic (exact) mass is 397 g/mol. The molecule has 0 amide bonds. The van der Waals surface area contributed by atoms with Crippen molar-refractivity contribution in [1.82, 2.24) is 15.5 Å². The second-order valence-electron chi connectivity index (χ2n) is 7.39. The molecule has 0 aliphatic carbocycles. The molecule has 5 nitrogen and oxygen atoms in total. The molecule has 29 heavy (non-hydrogen) atoms. The van der Waals surface area contributed by atoms with Gasteiger partial charge in [0.25, 0.3) is 6.43 Å². The predicted molar refractivity (Wildman–Crippen MR) is 113 cm³/mol. The van der Waals surface area contributed by atoms with Gasteiger partial charge >= 0.3 is 0 Å². The lowest BCUT2D eigenvalue weighted by molar-refractivity contribution is 0.150. The van der Waals surface area contributed by atoms with Crippen LogP contribution in [0.4, 0.5) is 20.3 Å². The molecule has 1 aromatic heterocycles. The molecule has 1 fully saturated rings. The van der Waals surface area contributed by atoms with E-state index in [0.717, 1.165) is 53.9 Å². The SMILES string of the molecule is Cc1c(CNc2nnc(C)c3ccc(N4CCNCC4)cc23)cccc1C(F)F. The highest BCUT2D eigenvalue weighted by molar-refractivity contribution is 5.95. The van der Waals surface area contributed by atoms with E-state index in [9.17, 15) is 8.78 Å². The normalized spacial score (nSPS) is 14.6. The van der Waals surface area contributed by atoms with Crippen LogP contribution in [0.25, 0.3) is 10.8 Å². The van der Waals surface area contributed by atoms with Crippen molar-refractivity contribution in [1.29, 1.82) is 0 Å². The third-order valence-corrected chi connectivity index (χ3v) is 5.60. The number of nitrogens with zero attached hydrogens (tertiary/aromatic N) is 3. The van der Waals surface area contributed by atoms with Crippen molar-refractivity contribution >= 4 is 22.3 Å². The maximum atomic E-state index is 13.2. The van der Waals surface area contributed by atoms with Crippen LogP contribution in [0.5, 0.6) is 0 Å². The largest absolute Gasteiger partial charge is 0.369 e. The van der Waals surface area contributed by atoms with E-state index in [1.54, 1.807) is 13.0 Å². The molecule has 7 heteroatoms. The van der Waals surface area contributed by atoms with Crippen molar-refractivity contribution in [2.45, 2.75) is 26.8 Å². The van der Waals surface area contributed by atoms with Crippen LogP contribution in [0.2, 0.25) is 0 Å². The third-order valence-electron chi connectivity index (χ3n) is 5.60. The lowest BCUT2D eigenvalue weighted by Crippen LogP contribution is -2.43. The first-order valence-electron chi connectivity index (χ1n) is 9.87. The van der Waals surface area contributed by atoms with E-state index < -0.39 is 6.43 Å². The zero-order valence-corrected chi connectivity index (χ0v) is 16.7. The number of anilines is 2. The summed E-state index contributed by atoms with van der Waals surface area (Å²) in [7, 11) is 0. The Labute approximate surface area is 169 Å². The quantitative estimate of drug-likeness (QED) is 0.676. The van der Waals surface area contributed by atoms with Gasteiger partial charge in [-0.1, -0.05) is 24.3 Å². The minimum atomic E-state index is -2.48. The molecule has 2 N–H and O–H groups in total. The van der Waals surface area contributed by atoms with Crippen molar-refractivity contribution in [3.63, 3.8) is 0 Å². The molecule has 1 saturated heterocycles. The van der Waals surface area contributed by atoms with Gasteiger partial charge in [0.05, 0.1) is 5.69 Å². The summed E-state index contributed by atoms with van der Waals surface area (Å²) in [5.41, 5.74) is 3.54. The second kappa shape index (κ2) is 8.29. The number of alkyl halides is 2. The van der Waals surface area contributed by atoms with Crippen molar-refractivity contribution in [2.24, 2.45) is 0 Å². The molecule has 3 aromatic rings. The van der Waals surface area contributed by atoms with E-state index in [1.165, 1.54) is 6.07 Å². The average Bonchev–Trinajstić information content (AvgIpc) is 2.74. The molecule has 1 aliphatic heterocycles. The summed E-state index contributed by atoms with van der Waals surface area (Å²) in [5, 5.41) is 17.4. The van der Waals surface area contributed by atoms with Gasteiger partial charge in [0.15, 0.2) is 5.82 Å². The highest BCUT2D eigenvalue weighted by atomic mass is 19.3. The first-order chi connectivity index (χ1) is 14.0. The molecule has 0 spiro atoms. The fourth-order valence-corrected chi connectivity index (χ4v) is 3.84. The van der Waals surface area contributed by atoms with Gasteiger partial charge in [-0.05, 0) is 37.1 Å². The number of nitrogens with one attached hydrogen (secondary N) is 2. The third kappa shape index (κ3) is 4.00. The molecule has 0 bridgehead atoms. The number of hydrogen-bond acceptors (Lipinski definition) is 5. The number of rotatable bonds is 5. The Kier molecular flexibility index (Phi) is 5.58. The Morgan fingerprint density at radius 1 is 1.07 bits per heavy atom. The standard InChI is InChI=1S/C22H25F2N5/c1-14-16(4-3-5-18(14)21(23)24)13-26-22-20-12-17(29-10-8-25-9-11-29)6-7-19(20)15(2)27-28-22/h3-7,12,21,25H,8-11,13H2,1-2H3,(H,26,28). The first kappa shape index (κ1) is 19.5. The number of aromatic nitrogens is 2. The molecule has 0 radical (unpaired) electrons. The fourth-order valence-electron chi connectivity index (χ4n) is 3.84. The smallest absolute Gasteiger partial charge is 0.264 e. The Morgan fingerprint density at radius 3 is 2.62 bits per heavy atom. The molecule has 2 heterocycles. The van der Waals surface area contributed by atoms with Crippen LogP contribution < -0.4 is 15.5 Å². The summed E-state index contributed by atoms with van der Waals surface area (Å²) >= 11 is 0. The van der Waals surface area contributed by atoms with Crippen LogP contribution in [-0.4, -0.2) is 36.4 Å². The average molecular weight is 397 g/mol. The summed E-state index contributed by atoms with van der Waals surface area (Å²) in [6.07, 6.45) is -2.48. The van der Waals surface area contributed by atoms with Crippen molar-refractivity contribution < 1.29 is 8.78 Å². The van der Waals surface area contributed by atoms with Crippen LogP contribution in [0, 0.1) is 13.8 Å². The number of piperazine rings is 1. The maximum Gasteiger partial charge on any atom is 0.264 e. The van der Waals surface area contributed by atoms with Gasteiger partial charge in [0.1, 0.15) is 0 Å². The van der Waals surface area contributed by atoms with Gasteiger partial charge in [-0.2, -0.15) is 5.10 Å². The Bertz CT molecular complexity index is 1020. The van der Waals surface area contributed by atoms with Crippen molar-refractivity contribution in [3.05, 3.63) is 58.8 Å². The van der Waals surface area contributed by atoms with Crippen LogP contribution in [0.1, 0.15) is 28.8 Å². The van der Waals surface area contributed by atoms with Gasteiger partial charge in [-0.25, -0.2) is 8.78 Å². The van der Waals surface area contributed by atoms with Gasteiger partial charge in [0, 0.05) is 54.7 Å². The summed E-state index contributed by atoms with van der Waals surface area (Å²) in [4.78, 5) is 2.35. The lowest BCUT2D eigenvalue weighted by atomic mass is 10.0. The van der Waals surface area contributed by atoms with Crippen LogP contribution in [0.15, 0.2) is 36.4 Å². The van der Waals surface area contributed by atoms with Gasteiger partial charge in [0.2, 0.25) is 0 Å². The maximum absolute atomic E-state index is 13.2. The molecule has 1 aliphatic rings. The van der Waals surface area contributed by atoms with Gasteiger partial charge in [-0.3, -0.25) is 0 Å². The molecule has 0 atom stereocenters. The molecule has 4 rings (SSSR count). The Hall–Kier alpha value is -2.80. The Morgan fingerprint density at radius 2 is 1.86 bits per heavy atom. The van der Waals surface area contributed by atoms with E-state index in [-0.39, 0.29) is 5.56 Å². The minimum absolute atomic E-state index is 0.0742. The highest BCUT2D eigenvalue weighted by Gasteiger charge is 2.15. The van der Waals surface area contributed by atoms with Crippen LogP contribution >= 0.6 is 0 Å². The number of hydrogen-bond donors (Lipinski definition) is 2. The molecule has 152 valence electrons. The fraction of sp³-hybridized carbons (Fsp3) is 0.364. The zero-order chi connectivity index (χ0) is 20.4. The zero-order valence-electron chi connectivity index (χ0n) is 16.7. The minimum Gasteiger partial charge on any atom is -0.369 e. The predicted octanol–water partition coefficient (Wildman–Crippen LogP) is 4.21. The molecule has 0 unspecified atom stereocenters. The lowest BCUT2D eigenvalue weighted by Gasteiger charge is -2.29. The van der Waals surface area contributed by atoms with E-state index in [4.69, 9.17) is 0 Å². The number of benzene rings is 2. The number of halogens is 2. The van der Waals surface area contributed by atoms with Gasteiger partial charge < -0.3 is 15.5 Å². The van der Waals surface area contributed by atoms with Crippen LogP contribution in [0.3, 0.4) is 0 Å². The van der Waals surface area contributed by atoms with E-state index in [2.05, 4.69) is 43.9 Å². The highest BCUT2D eigenvalue weighted by Crippen LogP contribution is 2.29. The summed E-state index contributed by atoms with van der Waals surface area (Å²) in [6, 6.07) is 11.4. The molecular weight excluding hydrogens is 372 g/mol. The summed E-state index contributed by atoms with van der Waals surface area (Å²) in [6.45, 7) is 7.96. The topological polar surface area (TPSA) is 53.1 Å². The van der Waals surface area contributed by atoms with Crippen molar-refractivity contribution in [3.8, 4) is 0 Å². The van der Waals surface area contributed by atoms with E-state index in [1.807, 2.05) is 13.0 Å². The van der Waals surface area contributed by atoms with Gasteiger partial charge in [-0.15, -0.1) is 5.10 Å². The number of aryl methyl sites for hydroxylation is 1. The molecule has 2 aromatic carbocycles. The number of fused-ring (bicyclic) bond motifs is 1. The van der Waals surface area contributed by atoms with Crippen LogP contribution in [-0.2, 0) is 6.54 Å². The second-order valence-corrected chi connectivity index (χ2v) is 7.39. The Balaban J connectivity index is 1.65.